The summed E-state index contributed by atoms with van der Waals surface area (Å²) in [5.41, 5.74) is 5.27. The Morgan fingerprint density at radius 1 is 1.00 bits per heavy atom. The van der Waals surface area contributed by atoms with E-state index in [2.05, 4.69) is 41.8 Å². The topological polar surface area (TPSA) is 259 Å². The molecule has 0 spiro atoms. The number of hydrogen-bond acceptors (Lipinski definition) is 10. The number of nitrogens with one attached hydrogen (secondary N) is 5. The molecule has 18 nitrogen and oxygen atoms in total. The number of carbonyl (C=O) groups is 6. The second-order valence-electron chi connectivity index (χ2n) is 15.9. The summed E-state index contributed by atoms with van der Waals surface area (Å²) in [4.78, 5) is 81.6. The number of Topliss-reactive ketones (excluding diaryl/α,β-unsaturated/α-hetero) is 1. The Morgan fingerprint density at radius 3 is 2.48 bits per heavy atom. The highest BCUT2D eigenvalue weighted by Gasteiger charge is 2.45. The third kappa shape index (κ3) is 9.88. The van der Waals surface area contributed by atoms with Crippen LogP contribution in [0, 0.1) is 5.92 Å². The second-order valence-corrected chi connectivity index (χ2v) is 15.9. The molecule has 2 saturated carbocycles. The van der Waals surface area contributed by atoms with Crippen molar-refractivity contribution in [3.63, 3.8) is 0 Å². The van der Waals surface area contributed by atoms with Crippen molar-refractivity contribution in [1.29, 1.82) is 0 Å². The number of unbranched alkanes of at least 4 members (excludes halogenated alkanes) is 1. The molecule has 18 heteroatoms. The van der Waals surface area contributed by atoms with Gasteiger partial charge >= 0.3 is 6.03 Å². The Morgan fingerprint density at radius 2 is 1.77 bits per heavy atom. The van der Waals surface area contributed by atoms with E-state index < -0.39 is 59.2 Å². The van der Waals surface area contributed by atoms with Crippen LogP contribution in [0.15, 0.2) is 30.6 Å². The number of primary amides is 1. The lowest BCUT2D eigenvalue weighted by atomic mass is 9.84. The smallest absolute Gasteiger partial charge is 0.315 e. The maximum Gasteiger partial charge on any atom is 0.315 e. The van der Waals surface area contributed by atoms with E-state index in [1.54, 1.807) is 32.2 Å². The number of aliphatic hydroxyl groups is 1. The molecule has 3 aromatic rings. The maximum absolute atomic E-state index is 14.8. The largest absolute Gasteiger partial charge is 0.384 e. The number of aromatic amines is 1. The van der Waals surface area contributed by atoms with Crippen LogP contribution in [-0.2, 0) is 24.8 Å². The van der Waals surface area contributed by atoms with E-state index in [0.717, 1.165) is 50.3 Å². The molecule has 8 N–H and O–H groups in total. The number of benzene rings is 1. The van der Waals surface area contributed by atoms with Crippen LogP contribution in [0.25, 0.3) is 10.9 Å². The molecule has 56 heavy (non-hydrogen) atoms. The number of hydrogen-bond donors (Lipinski definition) is 7. The first-order valence-electron chi connectivity index (χ1n) is 19.6. The first kappa shape index (κ1) is 40.3. The van der Waals surface area contributed by atoms with Crippen molar-refractivity contribution >= 4 is 46.3 Å². The minimum absolute atomic E-state index is 0.0143. The molecule has 3 heterocycles. The van der Waals surface area contributed by atoms with E-state index in [1.165, 1.54) is 15.8 Å². The lowest BCUT2D eigenvalue weighted by Gasteiger charge is -2.32. The number of para-hydroxylation sites is 1. The van der Waals surface area contributed by atoms with Gasteiger partial charge < -0.3 is 37.0 Å². The van der Waals surface area contributed by atoms with Gasteiger partial charge in [0.25, 0.3) is 11.8 Å². The Hall–Kier alpha value is -5.39. The Balaban J connectivity index is 1.24. The standard InChI is InChI=1S/C38H53N11O7/c1-38(2,56)30-20-42-47-49(30)25-18-29(35(53)44-27(32(50)33(39)51)13-6-7-16-40-37(55)43-24-14-15-24)48(21-25)36(54)28(17-22-9-4-3-5-10-22)45-34(52)26-12-8-11-23-19-41-46-31(23)26/h8,11-12,19-20,22,24-25,27-29,56H,3-7,9-10,13-18,21H2,1-2H3,(H2,39,51)(H,41,46)(H,44,53)(H,45,52)(H2,40,43,55)/t25-,27?,28+,29-/m0/s1. The lowest BCUT2D eigenvalue weighted by Crippen LogP contribution is -2.56. The van der Waals surface area contributed by atoms with Gasteiger partial charge in [-0.2, -0.15) is 5.10 Å². The van der Waals surface area contributed by atoms with Crippen LogP contribution in [0.1, 0.15) is 113 Å². The number of rotatable bonds is 17. The van der Waals surface area contributed by atoms with E-state index in [1.807, 2.05) is 6.07 Å². The number of H-pyrrole nitrogens is 1. The first-order chi connectivity index (χ1) is 26.8. The fourth-order valence-corrected chi connectivity index (χ4v) is 7.85. The number of fused-ring (bicyclic) bond motifs is 1. The molecule has 6 rings (SSSR count). The van der Waals surface area contributed by atoms with E-state index in [-0.39, 0.29) is 37.4 Å². The quantitative estimate of drug-likeness (QED) is 0.0767. The highest BCUT2D eigenvalue weighted by molar-refractivity contribution is 6.37. The van der Waals surface area contributed by atoms with E-state index >= 15 is 0 Å². The molecule has 1 aromatic carbocycles. The molecule has 3 fully saturated rings. The summed E-state index contributed by atoms with van der Waals surface area (Å²) < 4.78 is 1.50. The Labute approximate surface area is 324 Å². The van der Waals surface area contributed by atoms with Crippen molar-refractivity contribution in [2.75, 3.05) is 13.1 Å². The molecule has 0 radical (unpaired) electrons. The van der Waals surface area contributed by atoms with Crippen molar-refractivity contribution in [3.05, 3.63) is 41.9 Å². The van der Waals surface area contributed by atoms with Crippen LogP contribution in [0.3, 0.4) is 0 Å². The molecule has 3 aliphatic rings. The molecule has 1 unspecified atom stereocenters. The van der Waals surface area contributed by atoms with Crippen molar-refractivity contribution in [2.24, 2.45) is 11.7 Å². The van der Waals surface area contributed by atoms with Crippen LogP contribution in [0.4, 0.5) is 4.79 Å². The summed E-state index contributed by atoms with van der Waals surface area (Å²) in [5, 5.41) is 38.1. The van der Waals surface area contributed by atoms with E-state index in [9.17, 15) is 33.9 Å². The highest BCUT2D eigenvalue weighted by Crippen LogP contribution is 2.34. The van der Waals surface area contributed by atoms with Gasteiger partial charge in [0, 0.05) is 30.9 Å². The number of likely N-dealkylation sites (tertiary alicyclic amines) is 1. The van der Waals surface area contributed by atoms with Gasteiger partial charge in [-0.05, 0) is 64.4 Å². The van der Waals surface area contributed by atoms with Crippen LogP contribution in [-0.4, -0.2) is 108 Å². The van der Waals surface area contributed by atoms with Gasteiger partial charge in [0.15, 0.2) is 0 Å². The van der Waals surface area contributed by atoms with Gasteiger partial charge in [-0.15, -0.1) is 5.10 Å². The lowest BCUT2D eigenvalue weighted by molar-refractivity contribution is -0.142. The van der Waals surface area contributed by atoms with Crippen molar-refractivity contribution in [3.8, 4) is 0 Å². The summed E-state index contributed by atoms with van der Waals surface area (Å²) >= 11 is 0. The third-order valence-corrected chi connectivity index (χ3v) is 11.0. The molecule has 1 aliphatic heterocycles. The van der Waals surface area contributed by atoms with Crippen LogP contribution < -0.4 is 27.0 Å². The normalized spacial score (nSPS) is 19.9. The average molecular weight is 776 g/mol. The first-order valence-corrected chi connectivity index (χ1v) is 19.6. The Kier molecular flexibility index (Phi) is 12.7. The summed E-state index contributed by atoms with van der Waals surface area (Å²) in [7, 11) is 0. The zero-order valence-corrected chi connectivity index (χ0v) is 32.0. The minimum Gasteiger partial charge on any atom is -0.384 e. The zero-order valence-electron chi connectivity index (χ0n) is 32.0. The predicted molar refractivity (Wildman–Crippen MR) is 203 cm³/mol. The summed E-state index contributed by atoms with van der Waals surface area (Å²) in [6.45, 7) is 3.46. The molecular formula is C38H53N11O7. The van der Waals surface area contributed by atoms with E-state index in [4.69, 9.17) is 5.73 Å². The SMILES string of the molecule is CC(C)(O)c1cnnn1[C@H]1C[C@@H](C(=O)NC(CCCCNC(=O)NC2CC2)C(=O)C(N)=O)N(C(=O)[C@@H](CC2CCCCC2)NC(=O)c2cccc3cn[nH]c23)C1. The minimum atomic E-state index is -1.35. The molecule has 2 aliphatic carbocycles. The number of aromatic nitrogens is 5. The van der Waals surface area contributed by atoms with Crippen LogP contribution in [0.2, 0.25) is 0 Å². The van der Waals surface area contributed by atoms with Crippen molar-refractivity contribution in [2.45, 2.75) is 127 Å². The summed E-state index contributed by atoms with van der Waals surface area (Å²) in [5.74, 6) is -3.68. The number of carbonyl (C=O) groups excluding carboxylic acids is 6. The van der Waals surface area contributed by atoms with Gasteiger partial charge in [0.2, 0.25) is 17.6 Å². The predicted octanol–water partition coefficient (Wildman–Crippen LogP) is 1.46. The number of urea groups is 1. The Bertz CT molecular complexity index is 1910. The van der Waals surface area contributed by atoms with Gasteiger partial charge in [0.05, 0.1) is 41.3 Å². The zero-order chi connectivity index (χ0) is 40.0. The molecule has 302 valence electrons. The molecule has 1 saturated heterocycles. The monoisotopic (exact) mass is 775 g/mol. The average Bonchev–Trinajstić information content (AvgIpc) is 3.53. The van der Waals surface area contributed by atoms with Gasteiger partial charge in [-0.25, -0.2) is 9.48 Å². The van der Waals surface area contributed by atoms with Crippen molar-refractivity contribution in [1.82, 2.24) is 51.4 Å². The molecular weight excluding hydrogens is 722 g/mol. The number of nitrogens with two attached hydrogens (primary N) is 1. The fraction of sp³-hybridized carbons (Fsp3) is 0.605. The second kappa shape index (κ2) is 17.6. The molecule has 4 atom stereocenters. The van der Waals surface area contributed by atoms with Crippen LogP contribution >= 0.6 is 0 Å². The van der Waals surface area contributed by atoms with Crippen molar-refractivity contribution < 1.29 is 33.9 Å². The summed E-state index contributed by atoms with van der Waals surface area (Å²) in [6, 6.07) is 1.09. The van der Waals surface area contributed by atoms with Crippen LogP contribution in [0.5, 0.6) is 0 Å². The molecule has 6 amide bonds. The van der Waals surface area contributed by atoms with Gasteiger partial charge in [-0.3, -0.25) is 29.1 Å². The third-order valence-electron chi connectivity index (χ3n) is 11.0. The number of nitrogens with zero attached hydrogens (tertiary/aromatic N) is 5. The molecule has 2 aromatic heterocycles. The number of ketones is 1. The maximum atomic E-state index is 14.8. The van der Waals surface area contributed by atoms with Gasteiger partial charge in [-0.1, -0.05) is 49.5 Å². The number of amides is 6. The van der Waals surface area contributed by atoms with E-state index in [0.29, 0.717) is 42.6 Å². The summed E-state index contributed by atoms with van der Waals surface area (Å²) in [6.07, 6.45) is 11.1. The molecule has 0 bridgehead atoms. The fourth-order valence-electron chi connectivity index (χ4n) is 7.85. The van der Waals surface area contributed by atoms with Gasteiger partial charge in [0.1, 0.15) is 17.7 Å². The highest BCUT2D eigenvalue weighted by atomic mass is 16.3.